The Kier molecular flexibility index (Phi) is 6.59. The van der Waals surface area contributed by atoms with Gasteiger partial charge in [-0.2, -0.15) is 9.50 Å². The molecule has 0 bridgehead atoms. The van der Waals surface area contributed by atoms with Crippen molar-refractivity contribution in [2.75, 3.05) is 57.1 Å². The topological polar surface area (TPSA) is 125 Å². The number of imidazole rings is 1. The van der Waals surface area contributed by atoms with Crippen molar-refractivity contribution in [3.05, 3.63) is 58.7 Å². The number of fused-ring (bicyclic) bond motifs is 3. The van der Waals surface area contributed by atoms with Crippen LogP contribution in [0.15, 0.2) is 51.9 Å². The minimum Gasteiger partial charge on any atom is -0.461 e. The number of nitrogens with two attached hydrogens (primary N) is 1. The zero-order valence-electron chi connectivity index (χ0n) is 23.4. The maximum atomic E-state index is 13.3. The summed E-state index contributed by atoms with van der Waals surface area (Å²) in [6, 6.07) is 12.4. The van der Waals surface area contributed by atoms with Gasteiger partial charge in [0.05, 0.1) is 12.9 Å². The molecule has 5 heterocycles. The van der Waals surface area contributed by atoms with Crippen LogP contribution in [0, 0.1) is 0 Å². The molecular weight excluding hydrogens is 510 g/mol. The highest BCUT2D eigenvalue weighted by molar-refractivity contribution is 5.88. The molecule has 1 aromatic carbocycles. The van der Waals surface area contributed by atoms with E-state index < -0.39 is 0 Å². The van der Waals surface area contributed by atoms with Crippen LogP contribution in [0.2, 0.25) is 0 Å². The molecule has 0 unspecified atom stereocenters. The van der Waals surface area contributed by atoms with Crippen LogP contribution in [0.5, 0.6) is 0 Å². The number of aryl methyl sites for hydroxylation is 1. The quantitative estimate of drug-likeness (QED) is 0.313. The highest BCUT2D eigenvalue weighted by atomic mass is 16.5. The zero-order chi connectivity index (χ0) is 28.0. The largest absolute Gasteiger partial charge is 0.461 e. The fraction of sp³-hybridized carbons (Fsp3) is 0.429. The van der Waals surface area contributed by atoms with E-state index in [-0.39, 0.29) is 17.1 Å². The summed E-state index contributed by atoms with van der Waals surface area (Å²) in [6.45, 7) is 9.97. The SMILES string of the molecule is COCC(C)(C)c1ccc(N2CCN(CCn3c(=O)n(C)c4c3nc(N)n3nc(-c5ccco5)nc43)CC2)cc1. The van der Waals surface area contributed by atoms with E-state index in [1.165, 1.54) is 15.8 Å². The zero-order valence-corrected chi connectivity index (χ0v) is 23.4. The van der Waals surface area contributed by atoms with E-state index in [1.54, 1.807) is 41.7 Å². The minimum absolute atomic E-state index is 0.0210. The molecule has 210 valence electrons. The average molecular weight is 546 g/mol. The average Bonchev–Trinajstić information content (AvgIpc) is 3.68. The van der Waals surface area contributed by atoms with Gasteiger partial charge in [-0.05, 0) is 29.8 Å². The van der Waals surface area contributed by atoms with Crippen LogP contribution in [-0.4, -0.2) is 80.1 Å². The van der Waals surface area contributed by atoms with Crippen LogP contribution < -0.4 is 16.3 Å². The van der Waals surface area contributed by atoms with Gasteiger partial charge in [-0.15, -0.1) is 5.10 Å². The van der Waals surface area contributed by atoms with Crippen molar-refractivity contribution in [2.24, 2.45) is 7.05 Å². The molecule has 1 aliphatic heterocycles. The molecule has 1 fully saturated rings. The molecule has 6 rings (SSSR count). The summed E-state index contributed by atoms with van der Waals surface area (Å²) >= 11 is 0. The predicted octanol–water partition coefficient (Wildman–Crippen LogP) is 2.37. The lowest BCUT2D eigenvalue weighted by Gasteiger charge is -2.36. The fourth-order valence-corrected chi connectivity index (χ4v) is 5.54. The highest BCUT2D eigenvalue weighted by Crippen LogP contribution is 2.27. The van der Waals surface area contributed by atoms with Crippen molar-refractivity contribution in [1.82, 2.24) is 33.6 Å². The lowest BCUT2D eigenvalue weighted by atomic mass is 9.85. The smallest absolute Gasteiger partial charge is 0.330 e. The molecule has 40 heavy (non-hydrogen) atoms. The predicted molar refractivity (Wildman–Crippen MR) is 154 cm³/mol. The Morgan fingerprint density at radius 2 is 1.77 bits per heavy atom. The lowest BCUT2D eigenvalue weighted by molar-refractivity contribution is 0.146. The molecule has 5 aromatic rings. The van der Waals surface area contributed by atoms with Crippen molar-refractivity contribution >= 4 is 28.4 Å². The van der Waals surface area contributed by atoms with Gasteiger partial charge < -0.3 is 19.8 Å². The first-order chi connectivity index (χ1) is 19.3. The minimum atomic E-state index is -0.160. The molecule has 0 aliphatic carbocycles. The van der Waals surface area contributed by atoms with Gasteiger partial charge in [0.25, 0.3) is 0 Å². The second-order valence-electron chi connectivity index (χ2n) is 11.0. The Bertz CT molecular complexity index is 1690. The van der Waals surface area contributed by atoms with Crippen LogP contribution in [-0.2, 0) is 23.7 Å². The molecule has 1 saturated heterocycles. The molecule has 0 saturated carbocycles. The number of anilines is 2. The Hall–Kier alpha value is -4.16. The summed E-state index contributed by atoms with van der Waals surface area (Å²) in [5.74, 6) is 1.07. The molecule has 4 aromatic heterocycles. The summed E-state index contributed by atoms with van der Waals surface area (Å²) < 4.78 is 15.5. The van der Waals surface area contributed by atoms with Crippen molar-refractivity contribution in [1.29, 1.82) is 0 Å². The molecular formula is C28H35N9O3. The number of nitrogens with zero attached hydrogens (tertiary/aromatic N) is 8. The maximum Gasteiger partial charge on any atom is 0.330 e. The molecule has 12 heteroatoms. The van der Waals surface area contributed by atoms with E-state index >= 15 is 0 Å². The first kappa shape index (κ1) is 26.1. The number of rotatable bonds is 8. The Morgan fingerprint density at radius 3 is 2.45 bits per heavy atom. The number of ether oxygens (including phenoxy) is 1. The number of nitrogen functional groups attached to an aromatic ring is 1. The van der Waals surface area contributed by atoms with E-state index in [9.17, 15) is 4.79 Å². The van der Waals surface area contributed by atoms with Gasteiger partial charge in [-0.25, -0.2) is 9.78 Å². The molecule has 12 nitrogen and oxygen atoms in total. The molecule has 0 atom stereocenters. The summed E-state index contributed by atoms with van der Waals surface area (Å²) in [6.07, 6.45) is 1.56. The van der Waals surface area contributed by atoms with E-state index in [0.29, 0.717) is 41.5 Å². The fourth-order valence-electron chi connectivity index (χ4n) is 5.54. The van der Waals surface area contributed by atoms with Crippen molar-refractivity contribution in [2.45, 2.75) is 25.8 Å². The number of piperazine rings is 1. The third kappa shape index (κ3) is 4.52. The normalized spacial score (nSPS) is 15.1. The van der Waals surface area contributed by atoms with Gasteiger partial charge >= 0.3 is 5.69 Å². The van der Waals surface area contributed by atoms with Crippen LogP contribution in [0.3, 0.4) is 0 Å². The van der Waals surface area contributed by atoms with Gasteiger partial charge in [0.1, 0.15) is 5.52 Å². The molecule has 0 radical (unpaired) electrons. The van der Waals surface area contributed by atoms with E-state index in [0.717, 1.165) is 32.7 Å². The Labute approximate surface area is 231 Å². The van der Waals surface area contributed by atoms with Gasteiger partial charge in [0.2, 0.25) is 11.8 Å². The number of benzene rings is 1. The highest BCUT2D eigenvalue weighted by Gasteiger charge is 2.24. The van der Waals surface area contributed by atoms with E-state index in [2.05, 4.69) is 63.0 Å². The third-order valence-electron chi connectivity index (χ3n) is 7.85. The van der Waals surface area contributed by atoms with Crippen LogP contribution in [0.1, 0.15) is 19.4 Å². The van der Waals surface area contributed by atoms with Crippen LogP contribution >= 0.6 is 0 Å². The van der Waals surface area contributed by atoms with E-state index in [4.69, 9.17) is 14.9 Å². The number of aromatic nitrogens is 6. The third-order valence-corrected chi connectivity index (χ3v) is 7.85. The summed E-state index contributed by atoms with van der Waals surface area (Å²) in [7, 11) is 3.47. The number of furan rings is 1. The van der Waals surface area contributed by atoms with Gasteiger partial charge in [0.15, 0.2) is 17.1 Å². The second-order valence-corrected chi connectivity index (χ2v) is 11.0. The van der Waals surface area contributed by atoms with Crippen molar-refractivity contribution in [3.63, 3.8) is 0 Å². The van der Waals surface area contributed by atoms with Gasteiger partial charge in [-0.1, -0.05) is 26.0 Å². The molecule has 0 amide bonds. The second kappa shape index (κ2) is 10.1. The lowest BCUT2D eigenvalue weighted by Crippen LogP contribution is -2.47. The summed E-state index contributed by atoms with van der Waals surface area (Å²) in [5.41, 5.74) is 10.1. The Morgan fingerprint density at radius 1 is 1.02 bits per heavy atom. The maximum absolute atomic E-state index is 13.3. The Balaban J connectivity index is 1.16. The first-order valence-corrected chi connectivity index (χ1v) is 13.5. The summed E-state index contributed by atoms with van der Waals surface area (Å²) in [5, 5.41) is 4.44. The van der Waals surface area contributed by atoms with Crippen LogP contribution in [0.4, 0.5) is 11.6 Å². The molecule has 2 N–H and O–H groups in total. The monoisotopic (exact) mass is 545 g/mol. The molecule has 0 spiro atoms. The summed E-state index contributed by atoms with van der Waals surface area (Å²) in [4.78, 5) is 27.2. The van der Waals surface area contributed by atoms with Gasteiger partial charge in [0, 0.05) is 64.5 Å². The van der Waals surface area contributed by atoms with Crippen molar-refractivity contribution in [3.8, 4) is 11.6 Å². The first-order valence-electron chi connectivity index (χ1n) is 13.5. The standard InChI is InChI=1S/C28H35N9O3/c1-28(2,18-39-4)19-7-9-20(10-8-19)35-14-11-34(12-15-35)13-16-36-24-22(33(3)27(36)38)25-30-23(21-6-5-17-40-21)32-37(25)26(29)31-24/h5-10,17H,11-16,18H2,1-4H3,(H2,29,31). The molecule has 1 aliphatic rings. The number of hydrogen-bond acceptors (Lipinski definition) is 9. The number of hydrogen-bond donors (Lipinski definition) is 1. The van der Waals surface area contributed by atoms with Crippen molar-refractivity contribution < 1.29 is 9.15 Å². The van der Waals surface area contributed by atoms with E-state index in [1.807, 2.05) is 0 Å². The van der Waals surface area contributed by atoms with Gasteiger partial charge in [-0.3, -0.25) is 14.0 Å². The van der Waals surface area contributed by atoms with Crippen LogP contribution in [0.25, 0.3) is 28.4 Å². The number of methoxy groups -OCH3 is 1.